The van der Waals surface area contributed by atoms with Crippen LogP contribution >= 0.6 is 0 Å². The number of amides is 1. The molecule has 0 saturated heterocycles. The molecule has 4 rings (SSSR count). The Kier molecular flexibility index (Phi) is 8.06. The molecule has 5 nitrogen and oxygen atoms in total. The highest BCUT2D eigenvalue weighted by Crippen LogP contribution is 2.30. The van der Waals surface area contributed by atoms with Gasteiger partial charge in [0.1, 0.15) is 5.82 Å². The van der Waals surface area contributed by atoms with Gasteiger partial charge < -0.3 is 10.2 Å². The van der Waals surface area contributed by atoms with Crippen LogP contribution in [0.4, 0.5) is 19.0 Å². The molecule has 0 spiro atoms. The number of carbonyl (C=O) groups is 1. The van der Waals surface area contributed by atoms with Crippen LogP contribution < -0.4 is 10.2 Å². The Labute approximate surface area is 214 Å². The van der Waals surface area contributed by atoms with Gasteiger partial charge in [-0.05, 0) is 35.7 Å². The number of nitrogens with one attached hydrogen (secondary N) is 1. The first kappa shape index (κ1) is 26.1. The molecule has 37 heavy (non-hydrogen) atoms. The minimum absolute atomic E-state index is 0.0293. The van der Waals surface area contributed by atoms with Crippen LogP contribution in [-0.2, 0) is 17.5 Å². The molecule has 0 aliphatic rings. The van der Waals surface area contributed by atoms with E-state index in [0.717, 1.165) is 34.4 Å². The van der Waals surface area contributed by atoms with Crippen molar-refractivity contribution in [3.8, 4) is 11.4 Å². The number of benzene rings is 3. The Morgan fingerprint density at radius 2 is 1.68 bits per heavy atom. The average molecular weight is 507 g/mol. The molecule has 1 aromatic heterocycles. The Morgan fingerprint density at radius 3 is 2.41 bits per heavy atom. The Bertz CT molecular complexity index is 1360. The summed E-state index contributed by atoms with van der Waals surface area (Å²) in [7, 11) is 0. The predicted molar refractivity (Wildman–Crippen MR) is 140 cm³/mol. The van der Waals surface area contributed by atoms with Gasteiger partial charge in [0.25, 0.3) is 0 Å². The van der Waals surface area contributed by atoms with Crippen molar-refractivity contribution < 1.29 is 18.0 Å². The SMILES string of the molecule is CC(C)CN(CCC(=O)NCc1cccc(C(F)(F)F)c1)c1nc(-c2ccccc2)nc2ccccc12. The van der Waals surface area contributed by atoms with Gasteiger partial charge in [-0.15, -0.1) is 0 Å². The van der Waals surface area contributed by atoms with Crippen LogP contribution in [-0.4, -0.2) is 29.0 Å². The molecule has 1 amide bonds. The molecule has 1 heterocycles. The van der Waals surface area contributed by atoms with Crippen molar-refractivity contribution in [1.29, 1.82) is 0 Å². The third-order valence-corrected chi connectivity index (χ3v) is 5.85. The fraction of sp³-hybridized carbons (Fsp3) is 0.276. The fourth-order valence-electron chi connectivity index (χ4n) is 4.12. The number of hydrogen-bond donors (Lipinski definition) is 1. The highest BCUT2D eigenvalue weighted by molar-refractivity contribution is 5.91. The van der Waals surface area contributed by atoms with Gasteiger partial charge in [0.15, 0.2) is 5.82 Å². The van der Waals surface area contributed by atoms with Crippen LogP contribution in [0.5, 0.6) is 0 Å². The number of aromatic nitrogens is 2. The zero-order valence-corrected chi connectivity index (χ0v) is 20.8. The van der Waals surface area contributed by atoms with E-state index in [1.54, 1.807) is 6.07 Å². The summed E-state index contributed by atoms with van der Waals surface area (Å²) in [6.45, 7) is 5.31. The van der Waals surface area contributed by atoms with Crippen LogP contribution in [0.2, 0.25) is 0 Å². The minimum Gasteiger partial charge on any atom is -0.355 e. The van der Waals surface area contributed by atoms with Gasteiger partial charge in [0, 0.05) is 37.0 Å². The number of carbonyl (C=O) groups excluding carboxylic acids is 1. The largest absolute Gasteiger partial charge is 0.416 e. The van der Waals surface area contributed by atoms with E-state index in [0.29, 0.717) is 30.4 Å². The van der Waals surface area contributed by atoms with Gasteiger partial charge in [-0.25, -0.2) is 9.97 Å². The van der Waals surface area contributed by atoms with E-state index in [4.69, 9.17) is 9.97 Å². The van der Waals surface area contributed by atoms with Crippen LogP contribution in [0, 0.1) is 5.92 Å². The highest BCUT2D eigenvalue weighted by atomic mass is 19.4. The smallest absolute Gasteiger partial charge is 0.355 e. The van der Waals surface area contributed by atoms with Crippen molar-refractivity contribution in [2.75, 3.05) is 18.0 Å². The molecule has 0 bridgehead atoms. The first-order chi connectivity index (χ1) is 17.7. The van der Waals surface area contributed by atoms with Crippen molar-refractivity contribution >= 4 is 22.6 Å². The van der Waals surface area contributed by atoms with Crippen LogP contribution in [0.25, 0.3) is 22.3 Å². The maximum absolute atomic E-state index is 13.0. The molecular weight excluding hydrogens is 477 g/mol. The van der Waals surface area contributed by atoms with Crippen molar-refractivity contribution in [3.05, 3.63) is 90.0 Å². The van der Waals surface area contributed by atoms with E-state index >= 15 is 0 Å². The number of para-hydroxylation sites is 1. The molecular formula is C29H29F3N4O. The van der Waals surface area contributed by atoms with Crippen LogP contribution in [0.3, 0.4) is 0 Å². The number of halogens is 3. The molecule has 0 unspecified atom stereocenters. The summed E-state index contributed by atoms with van der Waals surface area (Å²) in [6, 6.07) is 22.5. The van der Waals surface area contributed by atoms with Gasteiger partial charge >= 0.3 is 6.18 Å². The lowest BCUT2D eigenvalue weighted by Gasteiger charge is -2.27. The molecule has 3 aromatic carbocycles. The number of anilines is 1. The lowest BCUT2D eigenvalue weighted by Crippen LogP contribution is -2.34. The normalized spacial score (nSPS) is 11.6. The standard InChI is InChI=1S/C29H29F3N4O/c1-20(2)19-36(16-15-26(37)33-18-21-9-8-12-23(17-21)29(30,31)32)28-24-13-6-7-14-25(24)34-27(35-28)22-10-4-3-5-11-22/h3-14,17,20H,15-16,18-19H2,1-2H3,(H,33,37). The maximum Gasteiger partial charge on any atom is 0.416 e. The molecule has 0 saturated carbocycles. The molecule has 0 radical (unpaired) electrons. The molecule has 4 aromatic rings. The summed E-state index contributed by atoms with van der Waals surface area (Å²) in [5.74, 6) is 1.43. The predicted octanol–water partition coefficient (Wildman–Crippen LogP) is 6.48. The second-order valence-electron chi connectivity index (χ2n) is 9.32. The molecule has 0 fully saturated rings. The number of fused-ring (bicyclic) bond motifs is 1. The number of hydrogen-bond acceptors (Lipinski definition) is 4. The number of rotatable bonds is 9. The maximum atomic E-state index is 13.0. The summed E-state index contributed by atoms with van der Waals surface area (Å²) in [6.07, 6.45) is -4.25. The summed E-state index contributed by atoms with van der Waals surface area (Å²) < 4.78 is 39.0. The van der Waals surface area contributed by atoms with E-state index in [9.17, 15) is 18.0 Å². The fourth-order valence-corrected chi connectivity index (χ4v) is 4.12. The zero-order chi connectivity index (χ0) is 26.4. The van der Waals surface area contributed by atoms with Gasteiger partial charge in [-0.1, -0.05) is 68.4 Å². The molecule has 192 valence electrons. The van der Waals surface area contributed by atoms with E-state index in [-0.39, 0.29) is 18.9 Å². The second kappa shape index (κ2) is 11.4. The average Bonchev–Trinajstić information content (AvgIpc) is 2.89. The Morgan fingerprint density at radius 1 is 0.946 bits per heavy atom. The van der Waals surface area contributed by atoms with Crippen LogP contribution in [0.1, 0.15) is 31.4 Å². The quantitative estimate of drug-likeness (QED) is 0.282. The van der Waals surface area contributed by atoms with Crippen LogP contribution in [0.15, 0.2) is 78.9 Å². The van der Waals surface area contributed by atoms with E-state index in [1.807, 2.05) is 54.6 Å². The van der Waals surface area contributed by atoms with Crippen molar-refractivity contribution in [2.24, 2.45) is 5.92 Å². The Balaban J connectivity index is 1.53. The summed E-state index contributed by atoms with van der Waals surface area (Å²) in [5.41, 5.74) is 1.38. The van der Waals surface area contributed by atoms with E-state index in [1.165, 1.54) is 6.07 Å². The lowest BCUT2D eigenvalue weighted by atomic mass is 10.1. The molecule has 8 heteroatoms. The second-order valence-corrected chi connectivity index (χ2v) is 9.32. The monoisotopic (exact) mass is 506 g/mol. The van der Waals surface area contributed by atoms with Gasteiger partial charge in [0.05, 0.1) is 11.1 Å². The third kappa shape index (κ3) is 6.84. The van der Waals surface area contributed by atoms with Gasteiger partial charge in [-0.3, -0.25) is 4.79 Å². The topological polar surface area (TPSA) is 58.1 Å². The lowest BCUT2D eigenvalue weighted by molar-refractivity contribution is -0.137. The Hall–Kier alpha value is -3.94. The number of alkyl halides is 3. The van der Waals surface area contributed by atoms with Gasteiger partial charge in [-0.2, -0.15) is 13.2 Å². The van der Waals surface area contributed by atoms with E-state index in [2.05, 4.69) is 24.1 Å². The van der Waals surface area contributed by atoms with Crippen molar-refractivity contribution in [2.45, 2.75) is 33.0 Å². The molecule has 0 atom stereocenters. The highest BCUT2D eigenvalue weighted by Gasteiger charge is 2.30. The minimum atomic E-state index is -4.42. The third-order valence-electron chi connectivity index (χ3n) is 5.85. The van der Waals surface area contributed by atoms with Crippen molar-refractivity contribution in [3.63, 3.8) is 0 Å². The molecule has 1 N–H and O–H groups in total. The van der Waals surface area contributed by atoms with Gasteiger partial charge in [0.2, 0.25) is 5.91 Å². The van der Waals surface area contributed by atoms with E-state index < -0.39 is 11.7 Å². The number of nitrogens with zero attached hydrogens (tertiary/aromatic N) is 3. The summed E-state index contributed by atoms with van der Waals surface area (Å²) >= 11 is 0. The molecule has 0 aliphatic carbocycles. The molecule has 0 aliphatic heterocycles. The zero-order valence-electron chi connectivity index (χ0n) is 20.8. The van der Waals surface area contributed by atoms with Crippen molar-refractivity contribution in [1.82, 2.24) is 15.3 Å². The first-order valence-electron chi connectivity index (χ1n) is 12.2. The summed E-state index contributed by atoms with van der Waals surface area (Å²) in [5, 5.41) is 3.64. The first-order valence-corrected chi connectivity index (χ1v) is 12.2. The summed E-state index contributed by atoms with van der Waals surface area (Å²) in [4.78, 5) is 24.4.